The van der Waals surface area contributed by atoms with Crippen molar-refractivity contribution < 1.29 is 19.4 Å². The van der Waals surface area contributed by atoms with E-state index >= 15 is 0 Å². The summed E-state index contributed by atoms with van der Waals surface area (Å²) in [7, 11) is 0. The molecule has 0 spiro atoms. The number of hydrogen-bond acceptors (Lipinski definition) is 3. The van der Waals surface area contributed by atoms with E-state index in [1.807, 2.05) is 0 Å². The van der Waals surface area contributed by atoms with E-state index in [0.29, 0.717) is 12.8 Å². The summed E-state index contributed by atoms with van der Waals surface area (Å²) >= 11 is 0. The highest BCUT2D eigenvalue weighted by Gasteiger charge is 2.14. The average Bonchev–Trinajstić information content (AvgIpc) is 2.89. The molecule has 0 aliphatic rings. The molecule has 0 aromatic carbocycles. The van der Waals surface area contributed by atoms with Gasteiger partial charge < -0.3 is 9.84 Å². The van der Waals surface area contributed by atoms with Crippen molar-refractivity contribution in [3.05, 3.63) is 0 Å². The van der Waals surface area contributed by atoms with Crippen LogP contribution >= 0.6 is 0 Å². The summed E-state index contributed by atoms with van der Waals surface area (Å²) in [5, 5.41) is 8.67. The predicted octanol–water partition coefficient (Wildman–Crippen LogP) is 11.3. The van der Waals surface area contributed by atoms with Crippen LogP contribution in [0.1, 0.15) is 200 Å². The average molecular weight is 539 g/mol. The van der Waals surface area contributed by atoms with Gasteiger partial charge in [0.2, 0.25) is 0 Å². The molecule has 0 radical (unpaired) electrons. The Morgan fingerprint density at radius 1 is 0.474 bits per heavy atom. The van der Waals surface area contributed by atoms with E-state index in [2.05, 4.69) is 13.8 Å². The predicted molar refractivity (Wildman–Crippen MR) is 163 cm³/mol. The number of ether oxygens (including phenoxy) is 1. The minimum absolute atomic E-state index is 0.0254. The van der Waals surface area contributed by atoms with Crippen molar-refractivity contribution in [1.82, 2.24) is 0 Å². The Bertz CT molecular complexity index is 505. The van der Waals surface area contributed by atoms with E-state index in [4.69, 9.17) is 9.84 Å². The first kappa shape index (κ1) is 36.9. The van der Waals surface area contributed by atoms with Crippen LogP contribution in [0.5, 0.6) is 0 Å². The Morgan fingerprint density at radius 2 is 0.789 bits per heavy atom. The zero-order valence-corrected chi connectivity index (χ0v) is 25.8. The van der Waals surface area contributed by atoms with Crippen LogP contribution in [0, 0.1) is 0 Å². The summed E-state index contributed by atoms with van der Waals surface area (Å²) in [5.41, 5.74) is 0. The lowest BCUT2D eigenvalue weighted by Gasteiger charge is -2.18. The summed E-state index contributed by atoms with van der Waals surface area (Å²) < 4.78 is 5.92. The molecule has 0 aromatic rings. The number of carboxylic acid groups (broad SMARTS) is 1. The molecule has 0 heterocycles. The van der Waals surface area contributed by atoms with Crippen molar-refractivity contribution in [1.29, 1.82) is 0 Å². The Labute approximate surface area is 237 Å². The second-order valence-corrected chi connectivity index (χ2v) is 11.7. The Kier molecular flexibility index (Phi) is 29.6. The van der Waals surface area contributed by atoms with Crippen molar-refractivity contribution in [2.24, 2.45) is 0 Å². The number of hydrogen-bond donors (Lipinski definition) is 1. The van der Waals surface area contributed by atoms with E-state index in [1.165, 1.54) is 116 Å². The molecule has 38 heavy (non-hydrogen) atoms. The van der Waals surface area contributed by atoms with Crippen molar-refractivity contribution in [3.63, 3.8) is 0 Å². The lowest BCUT2D eigenvalue weighted by Crippen LogP contribution is -2.18. The normalized spacial score (nSPS) is 12.1. The van der Waals surface area contributed by atoms with Crippen molar-refractivity contribution in [3.8, 4) is 0 Å². The maximum absolute atomic E-state index is 12.5. The Hall–Kier alpha value is -1.06. The second kappa shape index (κ2) is 30.5. The Morgan fingerprint density at radius 3 is 1.21 bits per heavy atom. The van der Waals surface area contributed by atoms with Gasteiger partial charge in [-0.2, -0.15) is 0 Å². The number of carbonyl (C=O) groups is 2. The molecular weight excluding hydrogens is 472 g/mol. The molecule has 0 aliphatic carbocycles. The highest BCUT2D eigenvalue weighted by Crippen LogP contribution is 2.18. The van der Waals surface area contributed by atoms with E-state index < -0.39 is 5.97 Å². The second-order valence-electron chi connectivity index (χ2n) is 11.7. The number of aliphatic carboxylic acids is 1. The highest BCUT2D eigenvalue weighted by atomic mass is 16.5. The zero-order chi connectivity index (χ0) is 27.9. The van der Waals surface area contributed by atoms with Gasteiger partial charge in [0.05, 0.1) is 0 Å². The summed E-state index contributed by atoms with van der Waals surface area (Å²) in [5.74, 6) is -0.652. The Balaban J connectivity index is 3.73. The molecule has 4 nitrogen and oxygen atoms in total. The fourth-order valence-corrected chi connectivity index (χ4v) is 5.30. The summed E-state index contributed by atoms with van der Waals surface area (Å²) in [6.07, 6.45) is 34.2. The first-order valence-electron chi connectivity index (χ1n) is 17.0. The van der Waals surface area contributed by atoms with E-state index in [9.17, 15) is 9.59 Å². The number of rotatable bonds is 31. The molecule has 0 rings (SSSR count). The number of esters is 1. The maximum atomic E-state index is 12.5. The summed E-state index contributed by atoms with van der Waals surface area (Å²) in [6, 6.07) is 0. The van der Waals surface area contributed by atoms with Gasteiger partial charge in [-0.25, -0.2) is 0 Å². The third-order valence-corrected chi connectivity index (χ3v) is 7.83. The van der Waals surface area contributed by atoms with E-state index in [0.717, 1.165) is 57.8 Å². The molecule has 0 aromatic heterocycles. The van der Waals surface area contributed by atoms with E-state index in [-0.39, 0.29) is 12.1 Å². The van der Waals surface area contributed by atoms with Crippen LogP contribution in [0.2, 0.25) is 0 Å². The van der Waals surface area contributed by atoms with Gasteiger partial charge in [-0.05, 0) is 38.5 Å². The van der Waals surface area contributed by atoms with Crippen LogP contribution in [0.3, 0.4) is 0 Å². The molecule has 0 aliphatic heterocycles. The molecule has 0 amide bonds. The van der Waals surface area contributed by atoms with Crippen molar-refractivity contribution in [2.75, 3.05) is 0 Å². The van der Waals surface area contributed by atoms with Gasteiger partial charge in [0.1, 0.15) is 6.10 Å². The molecule has 0 unspecified atom stereocenters. The third kappa shape index (κ3) is 29.5. The fraction of sp³-hybridized carbons (Fsp3) is 0.941. The van der Waals surface area contributed by atoms with Crippen LogP contribution in [0.15, 0.2) is 0 Å². The van der Waals surface area contributed by atoms with Gasteiger partial charge in [-0.15, -0.1) is 0 Å². The first-order chi connectivity index (χ1) is 18.6. The largest absolute Gasteiger partial charge is 0.481 e. The molecular formula is C34H66O4. The topological polar surface area (TPSA) is 63.6 Å². The van der Waals surface area contributed by atoms with Gasteiger partial charge in [0.25, 0.3) is 0 Å². The van der Waals surface area contributed by atoms with Gasteiger partial charge in [-0.1, -0.05) is 149 Å². The number of carbonyl (C=O) groups excluding carboxylic acids is 1. The maximum Gasteiger partial charge on any atom is 0.306 e. The molecule has 0 fully saturated rings. The molecule has 226 valence electrons. The van der Waals surface area contributed by atoms with Gasteiger partial charge in [0.15, 0.2) is 0 Å². The smallest absolute Gasteiger partial charge is 0.306 e. The van der Waals surface area contributed by atoms with Crippen LogP contribution in [0.25, 0.3) is 0 Å². The highest BCUT2D eigenvalue weighted by molar-refractivity contribution is 5.69. The van der Waals surface area contributed by atoms with Crippen molar-refractivity contribution >= 4 is 11.9 Å². The van der Waals surface area contributed by atoms with Crippen molar-refractivity contribution in [2.45, 2.75) is 206 Å². The SMILES string of the molecule is CCCCCCCCCCCCCCCC(=O)O[C@@H](CCCCC)CCCCCCCCCCCC(=O)O. The van der Waals surface area contributed by atoms with E-state index in [1.54, 1.807) is 0 Å². The number of carboxylic acids is 1. The minimum Gasteiger partial charge on any atom is -0.481 e. The minimum atomic E-state index is -0.678. The first-order valence-corrected chi connectivity index (χ1v) is 17.0. The molecule has 0 bridgehead atoms. The molecule has 4 heteroatoms. The lowest BCUT2D eigenvalue weighted by atomic mass is 10.0. The van der Waals surface area contributed by atoms with Crippen LogP contribution in [-0.4, -0.2) is 23.1 Å². The lowest BCUT2D eigenvalue weighted by molar-refractivity contribution is -0.150. The summed E-state index contributed by atoms with van der Waals surface area (Å²) in [4.78, 5) is 23.0. The van der Waals surface area contributed by atoms with Gasteiger partial charge in [0, 0.05) is 12.8 Å². The van der Waals surface area contributed by atoms with Crippen LogP contribution in [-0.2, 0) is 14.3 Å². The molecule has 1 atom stereocenters. The standard InChI is InChI=1S/C34H66O4/c1-3-5-7-8-9-10-11-12-13-17-20-23-27-31-34(37)38-32(28-24-6-4-2)29-25-21-18-15-14-16-19-22-26-30-33(35)36/h32H,3-31H2,1-2H3,(H,35,36)/t32-/m0/s1. The monoisotopic (exact) mass is 538 g/mol. The fourth-order valence-electron chi connectivity index (χ4n) is 5.30. The molecule has 0 saturated heterocycles. The van der Waals surface area contributed by atoms with Crippen LogP contribution < -0.4 is 0 Å². The zero-order valence-electron chi connectivity index (χ0n) is 25.8. The third-order valence-electron chi connectivity index (χ3n) is 7.83. The summed E-state index contributed by atoms with van der Waals surface area (Å²) in [6.45, 7) is 4.50. The van der Waals surface area contributed by atoms with Gasteiger partial charge >= 0.3 is 11.9 Å². The quantitative estimate of drug-likeness (QED) is 0.0704. The molecule has 0 saturated carbocycles. The van der Waals surface area contributed by atoms with Crippen LogP contribution in [0.4, 0.5) is 0 Å². The van der Waals surface area contributed by atoms with Gasteiger partial charge in [-0.3, -0.25) is 9.59 Å². The molecule has 1 N–H and O–H groups in total. The number of unbranched alkanes of at least 4 members (excludes halogenated alkanes) is 22.